The predicted octanol–water partition coefficient (Wildman–Crippen LogP) is 2.78. The molecule has 3 nitrogen and oxygen atoms in total. The maximum Gasteiger partial charge on any atom is 0.178 e. The van der Waals surface area contributed by atoms with Crippen molar-refractivity contribution in [2.75, 3.05) is 12.0 Å². The van der Waals surface area contributed by atoms with Crippen molar-refractivity contribution >= 4 is 21.6 Å². The Kier molecular flexibility index (Phi) is 4.11. The Bertz CT molecular complexity index is 585. The maximum absolute atomic E-state index is 12.1. The molecule has 3 unspecified atom stereocenters. The van der Waals surface area contributed by atoms with Crippen LogP contribution in [0.3, 0.4) is 0 Å². The van der Waals surface area contributed by atoms with E-state index < -0.39 is 9.84 Å². The minimum atomic E-state index is -3.07. The zero-order valence-corrected chi connectivity index (χ0v) is 13.3. The Morgan fingerprint density at radius 2 is 2.00 bits per heavy atom. The first-order chi connectivity index (χ1) is 9.62. The molecule has 1 N–H and O–H groups in total. The molecule has 1 aromatic carbocycles. The molecule has 0 amide bonds. The van der Waals surface area contributed by atoms with Crippen LogP contribution in [0.15, 0.2) is 29.2 Å². The summed E-state index contributed by atoms with van der Waals surface area (Å²) in [7, 11) is -3.07. The summed E-state index contributed by atoms with van der Waals surface area (Å²) < 4.78 is 24.3. The summed E-state index contributed by atoms with van der Waals surface area (Å²) in [6, 6.07) is 8.18. The van der Waals surface area contributed by atoms with E-state index in [2.05, 4.69) is 11.6 Å². The first kappa shape index (κ1) is 14.4. The second kappa shape index (κ2) is 5.70. The lowest BCUT2D eigenvalue weighted by Crippen LogP contribution is -2.39. The highest BCUT2D eigenvalue weighted by Crippen LogP contribution is 2.35. The second-order valence-electron chi connectivity index (χ2n) is 5.68. The minimum Gasteiger partial charge on any atom is -0.306 e. The molecule has 1 fully saturated rings. The van der Waals surface area contributed by atoms with Crippen molar-refractivity contribution in [2.45, 2.75) is 47.9 Å². The first-order valence-electron chi connectivity index (χ1n) is 7.22. The standard InChI is InChI=1S/C15H21NO2S2/c1-19-14-7-4-6-13(14)16-12-9-10-20(17,18)15-8-3-2-5-11(12)15/h2-3,5,8,12-14,16H,4,6-7,9-10H2,1H3. The van der Waals surface area contributed by atoms with Gasteiger partial charge in [-0.15, -0.1) is 0 Å². The summed E-state index contributed by atoms with van der Waals surface area (Å²) >= 11 is 1.93. The highest BCUT2D eigenvalue weighted by molar-refractivity contribution is 7.99. The van der Waals surface area contributed by atoms with Gasteiger partial charge < -0.3 is 5.32 Å². The number of thioether (sulfide) groups is 1. The van der Waals surface area contributed by atoms with Crippen LogP contribution in [0.1, 0.15) is 37.3 Å². The smallest absolute Gasteiger partial charge is 0.178 e. The number of benzene rings is 1. The molecule has 1 aliphatic carbocycles. The van der Waals surface area contributed by atoms with Gasteiger partial charge in [-0.2, -0.15) is 11.8 Å². The van der Waals surface area contributed by atoms with E-state index in [9.17, 15) is 8.42 Å². The summed E-state index contributed by atoms with van der Waals surface area (Å²) in [5.74, 6) is 0.262. The van der Waals surface area contributed by atoms with Gasteiger partial charge in [-0.25, -0.2) is 8.42 Å². The number of rotatable bonds is 3. The molecule has 5 heteroatoms. The number of hydrogen-bond donors (Lipinski definition) is 1. The Balaban J connectivity index is 1.85. The van der Waals surface area contributed by atoms with E-state index in [1.54, 1.807) is 6.07 Å². The third-order valence-electron chi connectivity index (χ3n) is 4.48. The first-order valence-corrected chi connectivity index (χ1v) is 10.2. The molecule has 1 aliphatic heterocycles. The molecule has 0 spiro atoms. The molecule has 0 aromatic heterocycles. The van der Waals surface area contributed by atoms with Crippen LogP contribution in [0, 0.1) is 0 Å². The van der Waals surface area contributed by atoms with Crippen molar-refractivity contribution in [1.82, 2.24) is 5.32 Å². The van der Waals surface area contributed by atoms with Crippen LogP contribution in [-0.2, 0) is 9.84 Å². The zero-order valence-electron chi connectivity index (χ0n) is 11.7. The quantitative estimate of drug-likeness (QED) is 0.932. The van der Waals surface area contributed by atoms with Gasteiger partial charge in [-0.3, -0.25) is 0 Å². The fourth-order valence-electron chi connectivity index (χ4n) is 3.42. The average Bonchev–Trinajstić information content (AvgIpc) is 2.90. The normalized spacial score (nSPS) is 31.9. The lowest BCUT2D eigenvalue weighted by Gasteiger charge is -2.31. The molecular weight excluding hydrogens is 290 g/mol. The Morgan fingerprint density at radius 3 is 2.80 bits per heavy atom. The number of fused-ring (bicyclic) bond motifs is 1. The highest BCUT2D eigenvalue weighted by atomic mass is 32.2. The van der Waals surface area contributed by atoms with Crippen molar-refractivity contribution in [1.29, 1.82) is 0 Å². The van der Waals surface area contributed by atoms with Crippen LogP contribution in [-0.4, -0.2) is 31.7 Å². The van der Waals surface area contributed by atoms with Gasteiger partial charge >= 0.3 is 0 Å². The van der Waals surface area contributed by atoms with E-state index in [1.807, 2.05) is 30.0 Å². The van der Waals surface area contributed by atoms with Crippen LogP contribution < -0.4 is 5.32 Å². The maximum atomic E-state index is 12.1. The van der Waals surface area contributed by atoms with Crippen LogP contribution in [0.5, 0.6) is 0 Å². The van der Waals surface area contributed by atoms with Gasteiger partial charge in [-0.05, 0) is 37.1 Å². The van der Waals surface area contributed by atoms with Crippen LogP contribution in [0.25, 0.3) is 0 Å². The third-order valence-corrected chi connectivity index (χ3v) is 7.46. The third kappa shape index (κ3) is 2.63. The number of sulfone groups is 1. The van der Waals surface area contributed by atoms with Crippen LogP contribution in [0.2, 0.25) is 0 Å². The molecule has 1 heterocycles. The SMILES string of the molecule is CSC1CCCC1NC1CCS(=O)(=O)c2ccccc21. The van der Waals surface area contributed by atoms with Crippen molar-refractivity contribution in [3.8, 4) is 0 Å². The Hall–Kier alpha value is -0.520. The van der Waals surface area contributed by atoms with Gasteiger partial charge in [-0.1, -0.05) is 24.6 Å². The summed E-state index contributed by atoms with van der Waals surface area (Å²) in [5, 5.41) is 4.39. The summed E-state index contributed by atoms with van der Waals surface area (Å²) in [4.78, 5) is 0.530. The minimum absolute atomic E-state index is 0.187. The summed E-state index contributed by atoms with van der Waals surface area (Å²) in [6.45, 7) is 0. The lowest BCUT2D eigenvalue weighted by atomic mass is 10.0. The van der Waals surface area contributed by atoms with Crippen molar-refractivity contribution < 1.29 is 8.42 Å². The molecule has 0 saturated heterocycles. The predicted molar refractivity (Wildman–Crippen MR) is 83.9 cm³/mol. The molecule has 110 valence electrons. The Morgan fingerprint density at radius 1 is 1.20 bits per heavy atom. The van der Waals surface area contributed by atoms with Crippen molar-refractivity contribution in [3.05, 3.63) is 29.8 Å². The molecule has 1 aromatic rings. The van der Waals surface area contributed by atoms with E-state index in [0.717, 1.165) is 5.56 Å². The molecule has 0 bridgehead atoms. The van der Waals surface area contributed by atoms with Gasteiger partial charge in [0.2, 0.25) is 0 Å². The van der Waals surface area contributed by atoms with E-state index >= 15 is 0 Å². The molecule has 3 atom stereocenters. The van der Waals surface area contributed by atoms with Gasteiger partial charge in [0.1, 0.15) is 0 Å². The van der Waals surface area contributed by atoms with E-state index in [4.69, 9.17) is 0 Å². The van der Waals surface area contributed by atoms with Crippen molar-refractivity contribution in [2.24, 2.45) is 0 Å². The monoisotopic (exact) mass is 311 g/mol. The summed E-state index contributed by atoms with van der Waals surface area (Å²) in [5.41, 5.74) is 0.963. The molecule has 2 aliphatic rings. The molecule has 20 heavy (non-hydrogen) atoms. The van der Waals surface area contributed by atoms with Gasteiger partial charge in [0, 0.05) is 17.3 Å². The van der Waals surface area contributed by atoms with E-state index in [1.165, 1.54) is 19.3 Å². The lowest BCUT2D eigenvalue weighted by molar-refractivity contribution is 0.423. The van der Waals surface area contributed by atoms with Gasteiger partial charge in [0.25, 0.3) is 0 Å². The second-order valence-corrected chi connectivity index (χ2v) is 8.83. The largest absolute Gasteiger partial charge is 0.306 e. The van der Waals surface area contributed by atoms with Gasteiger partial charge in [0.15, 0.2) is 9.84 Å². The Labute approximate surface area is 125 Å². The fraction of sp³-hybridized carbons (Fsp3) is 0.600. The van der Waals surface area contributed by atoms with Gasteiger partial charge in [0.05, 0.1) is 10.6 Å². The number of hydrogen-bond acceptors (Lipinski definition) is 4. The number of nitrogens with one attached hydrogen (secondary N) is 1. The zero-order chi connectivity index (χ0) is 14.2. The molecule has 1 saturated carbocycles. The fourth-order valence-corrected chi connectivity index (χ4v) is 5.99. The summed E-state index contributed by atoms with van der Waals surface area (Å²) in [6.07, 6.45) is 6.61. The molecular formula is C15H21NO2S2. The van der Waals surface area contributed by atoms with Crippen LogP contribution >= 0.6 is 11.8 Å². The van der Waals surface area contributed by atoms with Crippen LogP contribution in [0.4, 0.5) is 0 Å². The molecule has 0 radical (unpaired) electrons. The highest BCUT2D eigenvalue weighted by Gasteiger charge is 2.34. The average molecular weight is 311 g/mol. The van der Waals surface area contributed by atoms with E-state index in [0.29, 0.717) is 22.6 Å². The van der Waals surface area contributed by atoms with Crippen molar-refractivity contribution in [3.63, 3.8) is 0 Å². The topological polar surface area (TPSA) is 46.2 Å². The van der Waals surface area contributed by atoms with E-state index in [-0.39, 0.29) is 11.8 Å². The molecule has 3 rings (SSSR count).